The van der Waals surface area contributed by atoms with Crippen LogP contribution in [0.1, 0.15) is 6.92 Å². The molecule has 0 amide bonds. The Labute approximate surface area is 133 Å². The molecule has 0 atom stereocenters. The Kier molecular flexibility index (Phi) is 5.13. The van der Waals surface area contributed by atoms with E-state index in [0.29, 0.717) is 18.4 Å². The Bertz CT molecular complexity index is 608. The maximum atomic E-state index is 5.07. The lowest BCUT2D eigenvalue weighted by Crippen LogP contribution is -2.08. The quantitative estimate of drug-likeness (QED) is 0.796. The molecule has 2 rings (SSSR count). The van der Waals surface area contributed by atoms with Crippen molar-refractivity contribution < 1.29 is 4.74 Å². The van der Waals surface area contributed by atoms with Gasteiger partial charge in [-0.3, -0.25) is 0 Å². The second kappa shape index (κ2) is 6.85. The molecule has 0 aliphatic carbocycles. The molecule has 0 saturated carbocycles. The van der Waals surface area contributed by atoms with Gasteiger partial charge in [0.15, 0.2) is 0 Å². The Morgan fingerprint density at radius 1 is 1.15 bits per heavy atom. The average Bonchev–Trinajstić information content (AvgIpc) is 2.43. The molecular formula is C12H13Br2N5O. The molecule has 0 bridgehead atoms. The number of anilines is 3. The normalized spacial score (nSPS) is 10.2. The van der Waals surface area contributed by atoms with Crippen LogP contribution in [0, 0.1) is 0 Å². The van der Waals surface area contributed by atoms with E-state index >= 15 is 0 Å². The molecule has 0 saturated heterocycles. The van der Waals surface area contributed by atoms with E-state index in [4.69, 9.17) is 4.74 Å². The van der Waals surface area contributed by atoms with Crippen molar-refractivity contribution in [3.05, 3.63) is 27.1 Å². The lowest BCUT2D eigenvalue weighted by atomic mass is 10.3. The molecule has 20 heavy (non-hydrogen) atoms. The van der Waals surface area contributed by atoms with Crippen LogP contribution in [0.25, 0.3) is 0 Å². The van der Waals surface area contributed by atoms with E-state index in [1.54, 1.807) is 0 Å². The van der Waals surface area contributed by atoms with Crippen LogP contribution < -0.4 is 15.4 Å². The summed E-state index contributed by atoms with van der Waals surface area (Å²) in [6.07, 6.45) is 0. The molecule has 106 valence electrons. The molecule has 0 aliphatic heterocycles. The van der Waals surface area contributed by atoms with Crippen molar-refractivity contribution in [3.8, 4) is 6.01 Å². The van der Waals surface area contributed by atoms with E-state index in [2.05, 4.69) is 57.4 Å². The van der Waals surface area contributed by atoms with Gasteiger partial charge in [0, 0.05) is 15.5 Å². The van der Waals surface area contributed by atoms with Crippen LogP contribution >= 0.6 is 31.9 Å². The largest absolute Gasteiger partial charge is 0.467 e. The number of methoxy groups -OCH3 is 1. The monoisotopic (exact) mass is 401 g/mol. The highest BCUT2D eigenvalue weighted by molar-refractivity contribution is 9.11. The maximum Gasteiger partial charge on any atom is 0.322 e. The first-order valence-corrected chi connectivity index (χ1v) is 7.47. The molecule has 0 spiro atoms. The molecule has 1 aromatic carbocycles. The zero-order chi connectivity index (χ0) is 14.5. The summed E-state index contributed by atoms with van der Waals surface area (Å²) in [5.41, 5.74) is 0.843. The number of halogens is 2. The first-order valence-electron chi connectivity index (χ1n) is 5.88. The average molecular weight is 403 g/mol. The van der Waals surface area contributed by atoms with E-state index in [9.17, 15) is 0 Å². The van der Waals surface area contributed by atoms with E-state index in [0.717, 1.165) is 14.6 Å². The summed E-state index contributed by atoms with van der Waals surface area (Å²) in [5, 5.41) is 6.16. The first-order chi connectivity index (χ1) is 9.62. The van der Waals surface area contributed by atoms with Gasteiger partial charge in [0.05, 0.1) is 12.8 Å². The van der Waals surface area contributed by atoms with Crippen LogP contribution in [0.3, 0.4) is 0 Å². The number of aromatic nitrogens is 3. The number of benzene rings is 1. The summed E-state index contributed by atoms with van der Waals surface area (Å²) in [7, 11) is 1.52. The van der Waals surface area contributed by atoms with E-state index < -0.39 is 0 Å². The lowest BCUT2D eigenvalue weighted by Gasteiger charge is -2.10. The minimum atomic E-state index is 0.254. The molecule has 0 fully saturated rings. The molecule has 2 aromatic rings. The standard InChI is InChI=1S/C12H13Br2N5O/c1-3-15-10-17-11(19-12(18-10)20-2)16-9-6-7(13)4-5-8(9)14/h4-6H,3H2,1-2H3,(H2,15,16,17,18,19). The number of nitrogens with zero attached hydrogens (tertiary/aromatic N) is 3. The Balaban J connectivity index is 2.32. The summed E-state index contributed by atoms with van der Waals surface area (Å²) in [6.45, 7) is 2.68. The summed E-state index contributed by atoms with van der Waals surface area (Å²) in [4.78, 5) is 12.6. The zero-order valence-corrected chi connectivity index (χ0v) is 14.1. The third kappa shape index (κ3) is 3.80. The molecule has 0 unspecified atom stereocenters. The van der Waals surface area contributed by atoms with Gasteiger partial charge in [-0.25, -0.2) is 0 Å². The van der Waals surface area contributed by atoms with Gasteiger partial charge in [0.1, 0.15) is 0 Å². The van der Waals surface area contributed by atoms with Crippen LogP contribution in [-0.4, -0.2) is 28.6 Å². The number of ether oxygens (including phenoxy) is 1. The molecular weight excluding hydrogens is 390 g/mol. The van der Waals surface area contributed by atoms with Gasteiger partial charge in [-0.1, -0.05) is 15.9 Å². The SMILES string of the molecule is CCNc1nc(Nc2cc(Br)ccc2Br)nc(OC)n1. The second-order valence-corrected chi connectivity index (χ2v) is 5.52. The third-order valence-electron chi connectivity index (χ3n) is 2.31. The summed E-state index contributed by atoms with van der Waals surface area (Å²) >= 11 is 6.90. The highest BCUT2D eigenvalue weighted by atomic mass is 79.9. The van der Waals surface area contributed by atoms with Gasteiger partial charge in [-0.15, -0.1) is 0 Å². The van der Waals surface area contributed by atoms with Crippen molar-refractivity contribution in [2.75, 3.05) is 24.3 Å². The molecule has 2 N–H and O–H groups in total. The molecule has 0 aliphatic rings. The summed E-state index contributed by atoms with van der Waals surface area (Å²) in [6, 6.07) is 6.04. The van der Waals surface area contributed by atoms with Gasteiger partial charge in [0.25, 0.3) is 0 Å². The second-order valence-electron chi connectivity index (χ2n) is 3.75. The van der Waals surface area contributed by atoms with Crippen molar-refractivity contribution in [1.29, 1.82) is 0 Å². The first kappa shape index (κ1) is 15.0. The van der Waals surface area contributed by atoms with Gasteiger partial charge in [-0.05, 0) is 41.1 Å². The maximum absolute atomic E-state index is 5.07. The highest BCUT2D eigenvalue weighted by Crippen LogP contribution is 2.28. The zero-order valence-electron chi connectivity index (χ0n) is 10.9. The van der Waals surface area contributed by atoms with Crippen LogP contribution in [0.15, 0.2) is 27.1 Å². The summed E-state index contributed by atoms with van der Waals surface area (Å²) < 4.78 is 6.93. The van der Waals surface area contributed by atoms with Crippen LogP contribution in [0.5, 0.6) is 6.01 Å². The molecule has 1 heterocycles. The van der Waals surface area contributed by atoms with Crippen molar-refractivity contribution in [1.82, 2.24) is 15.0 Å². The minimum Gasteiger partial charge on any atom is -0.467 e. The minimum absolute atomic E-state index is 0.254. The molecule has 1 aromatic heterocycles. The summed E-state index contributed by atoms with van der Waals surface area (Å²) in [5.74, 6) is 0.875. The van der Waals surface area contributed by atoms with Crippen molar-refractivity contribution >= 4 is 49.4 Å². The molecule has 0 radical (unpaired) electrons. The van der Waals surface area contributed by atoms with Crippen molar-refractivity contribution in [3.63, 3.8) is 0 Å². The van der Waals surface area contributed by atoms with E-state index in [-0.39, 0.29) is 6.01 Å². The number of rotatable bonds is 5. The fraction of sp³-hybridized carbons (Fsp3) is 0.250. The smallest absolute Gasteiger partial charge is 0.322 e. The number of hydrogen-bond donors (Lipinski definition) is 2. The highest BCUT2D eigenvalue weighted by Gasteiger charge is 2.08. The third-order valence-corrected chi connectivity index (χ3v) is 3.49. The van der Waals surface area contributed by atoms with Gasteiger partial charge < -0.3 is 15.4 Å². The predicted octanol–water partition coefficient (Wildman–Crippen LogP) is 3.58. The Morgan fingerprint density at radius 3 is 2.60 bits per heavy atom. The number of nitrogens with one attached hydrogen (secondary N) is 2. The fourth-order valence-electron chi connectivity index (χ4n) is 1.45. The van der Waals surface area contributed by atoms with Crippen LogP contribution in [0.2, 0.25) is 0 Å². The Hall–Kier alpha value is -1.41. The molecule has 8 heteroatoms. The topological polar surface area (TPSA) is 72.0 Å². The predicted molar refractivity (Wildman–Crippen MR) is 85.7 cm³/mol. The van der Waals surface area contributed by atoms with Gasteiger partial charge >= 0.3 is 6.01 Å². The van der Waals surface area contributed by atoms with Crippen molar-refractivity contribution in [2.24, 2.45) is 0 Å². The molecule has 6 nitrogen and oxygen atoms in total. The number of hydrogen-bond acceptors (Lipinski definition) is 6. The Morgan fingerprint density at radius 2 is 1.90 bits per heavy atom. The van der Waals surface area contributed by atoms with Gasteiger partial charge in [-0.2, -0.15) is 15.0 Å². The van der Waals surface area contributed by atoms with Crippen molar-refractivity contribution in [2.45, 2.75) is 6.92 Å². The fourth-order valence-corrected chi connectivity index (χ4v) is 2.16. The van der Waals surface area contributed by atoms with E-state index in [1.165, 1.54) is 7.11 Å². The lowest BCUT2D eigenvalue weighted by molar-refractivity contribution is 0.379. The van der Waals surface area contributed by atoms with Gasteiger partial charge in [0.2, 0.25) is 11.9 Å². The van der Waals surface area contributed by atoms with Crippen LogP contribution in [0.4, 0.5) is 17.6 Å². The van der Waals surface area contributed by atoms with Crippen LogP contribution in [-0.2, 0) is 0 Å². The van der Waals surface area contributed by atoms with E-state index in [1.807, 2.05) is 25.1 Å².